The van der Waals surface area contributed by atoms with E-state index < -0.39 is 10.8 Å². The van der Waals surface area contributed by atoms with Crippen molar-refractivity contribution in [2.45, 2.75) is 18.9 Å². The largest absolute Gasteiger partial charge is 0.366 e. The van der Waals surface area contributed by atoms with Gasteiger partial charge in [0.1, 0.15) is 17.2 Å². The third-order valence-corrected chi connectivity index (χ3v) is 4.06. The summed E-state index contributed by atoms with van der Waals surface area (Å²) in [6, 6.07) is 0.329. The number of nitrogens with zero attached hydrogens (tertiary/aromatic N) is 2. The average Bonchev–Trinajstić information content (AvgIpc) is 2.25. The molecule has 1 N–H and O–H groups in total. The van der Waals surface area contributed by atoms with Crippen molar-refractivity contribution in [3.05, 3.63) is 17.5 Å². The fourth-order valence-electron chi connectivity index (χ4n) is 1.55. The maximum atomic E-state index is 11.2. The third kappa shape index (κ3) is 2.89. The first-order valence-electron chi connectivity index (χ1n) is 4.83. The highest BCUT2D eigenvalue weighted by Crippen LogP contribution is 2.20. The van der Waals surface area contributed by atoms with E-state index in [2.05, 4.69) is 15.3 Å². The standard InChI is InChI=1S/C9H12ClN3OS/c10-8-5-11-6-12-9(8)13-7-1-3-15(14)4-2-7/h5-7H,1-4H2,(H,11,12,13). The molecule has 0 aliphatic carbocycles. The van der Waals surface area contributed by atoms with Crippen molar-refractivity contribution in [2.24, 2.45) is 0 Å². The number of rotatable bonds is 2. The molecule has 1 saturated heterocycles. The molecule has 2 rings (SSSR count). The van der Waals surface area contributed by atoms with Crippen LogP contribution >= 0.6 is 11.6 Å². The fourth-order valence-corrected chi connectivity index (χ4v) is 3.01. The van der Waals surface area contributed by atoms with Gasteiger partial charge in [-0.05, 0) is 12.8 Å². The Labute approximate surface area is 95.9 Å². The molecule has 0 bridgehead atoms. The van der Waals surface area contributed by atoms with Gasteiger partial charge in [-0.15, -0.1) is 0 Å². The summed E-state index contributed by atoms with van der Waals surface area (Å²) in [5.74, 6) is 2.20. The van der Waals surface area contributed by atoms with E-state index in [0.29, 0.717) is 16.9 Å². The molecule has 1 aromatic heterocycles. The van der Waals surface area contributed by atoms with Gasteiger partial charge in [0, 0.05) is 28.3 Å². The van der Waals surface area contributed by atoms with E-state index in [-0.39, 0.29) is 0 Å². The molecule has 82 valence electrons. The van der Waals surface area contributed by atoms with Crippen LogP contribution in [0.1, 0.15) is 12.8 Å². The first-order chi connectivity index (χ1) is 7.25. The number of nitrogens with one attached hydrogen (secondary N) is 1. The summed E-state index contributed by atoms with van der Waals surface area (Å²) in [6.45, 7) is 0. The lowest BCUT2D eigenvalue weighted by Crippen LogP contribution is -2.29. The van der Waals surface area contributed by atoms with E-state index in [4.69, 9.17) is 11.6 Å². The molecular formula is C9H12ClN3OS. The van der Waals surface area contributed by atoms with Gasteiger partial charge in [0.05, 0.1) is 6.20 Å². The van der Waals surface area contributed by atoms with Gasteiger partial charge >= 0.3 is 0 Å². The molecule has 1 fully saturated rings. The number of hydrogen-bond donors (Lipinski definition) is 1. The molecule has 0 saturated carbocycles. The van der Waals surface area contributed by atoms with E-state index in [1.54, 1.807) is 6.20 Å². The van der Waals surface area contributed by atoms with Crippen LogP contribution in [0.3, 0.4) is 0 Å². The Kier molecular flexibility index (Phi) is 3.53. The second-order valence-corrected chi connectivity index (χ2v) is 5.59. The summed E-state index contributed by atoms with van der Waals surface area (Å²) in [7, 11) is -0.630. The summed E-state index contributed by atoms with van der Waals surface area (Å²) in [4.78, 5) is 7.88. The number of anilines is 1. The summed E-state index contributed by atoms with van der Waals surface area (Å²) in [5, 5.41) is 3.78. The highest BCUT2D eigenvalue weighted by molar-refractivity contribution is 7.85. The molecule has 0 amide bonds. The summed E-state index contributed by atoms with van der Waals surface area (Å²) in [5.41, 5.74) is 0. The quantitative estimate of drug-likeness (QED) is 0.857. The number of hydrogen-bond acceptors (Lipinski definition) is 4. The minimum Gasteiger partial charge on any atom is -0.366 e. The number of halogens is 1. The second-order valence-electron chi connectivity index (χ2n) is 3.49. The molecule has 0 aromatic carbocycles. The van der Waals surface area contributed by atoms with Crippen LogP contribution < -0.4 is 5.32 Å². The predicted octanol–water partition coefficient (Wildman–Crippen LogP) is 1.45. The fraction of sp³-hybridized carbons (Fsp3) is 0.556. The Balaban J connectivity index is 1.97. The summed E-state index contributed by atoms with van der Waals surface area (Å²) >= 11 is 5.92. The second kappa shape index (κ2) is 4.90. The topological polar surface area (TPSA) is 54.9 Å². The van der Waals surface area contributed by atoms with E-state index in [9.17, 15) is 4.21 Å². The van der Waals surface area contributed by atoms with Crippen LogP contribution in [-0.2, 0) is 10.8 Å². The van der Waals surface area contributed by atoms with Gasteiger partial charge in [-0.25, -0.2) is 9.97 Å². The lowest BCUT2D eigenvalue weighted by molar-refractivity contribution is 0.622. The van der Waals surface area contributed by atoms with Crippen LogP contribution in [0, 0.1) is 0 Å². The van der Waals surface area contributed by atoms with Crippen molar-refractivity contribution < 1.29 is 4.21 Å². The van der Waals surface area contributed by atoms with E-state index >= 15 is 0 Å². The zero-order valence-electron chi connectivity index (χ0n) is 8.15. The van der Waals surface area contributed by atoms with Crippen LogP contribution in [0.5, 0.6) is 0 Å². The molecule has 4 nitrogen and oxygen atoms in total. The molecule has 1 aromatic rings. The van der Waals surface area contributed by atoms with Gasteiger partial charge < -0.3 is 5.32 Å². The van der Waals surface area contributed by atoms with Gasteiger partial charge in [0.2, 0.25) is 0 Å². The smallest absolute Gasteiger partial charge is 0.148 e. The molecule has 0 spiro atoms. The van der Waals surface area contributed by atoms with Crippen molar-refractivity contribution >= 4 is 28.2 Å². The lowest BCUT2D eigenvalue weighted by Gasteiger charge is -2.23. The Morgan fingerprint density at radius 3 is 2.87 bits per heavy atom. The maximum absolute atomic E-state index is 11.2. The zero-order chi connectivity index (χ0) is 10.7. The molecule has 0 radical (unpaired) electrons. The molecule has 1 aliphatic rings. The summed E-state index contributed by atoms with van der Waals surface area (Å²) in [6.07, 6.45) is 4.85. The van der Waals surface area contributed by atoms with E-state index in [1.165, 1.54) is 6.33 Å². The van der Waals surface area contributed by atoms with Crippen molar-refractivity contribution in [2.75, 3.05) is 16.8 Å². The van der Waals surface area contributed by atoms with Gasteiger partial charge in [0.25, 0.3) is 0 Å². The molecule has 0 unspecified atom stereocenters. The van der Waals surface area contributed by atoms with E-state index in [0.717, 1.165) is 24.3 Å². The van der Waals surface area contributed by atoms with Crippen LogP contribution in [0.2, 0.25) is 5.02 Å². The number of aromatic nitrogens is 2. The monoisotopic (exact) mass is 245 g/mol. The van der Waals surface area contributed by atoms with Gasteiger partial charge in [-0.3, -0.25) is 4.21 Å². The first kappa shape index (κ1) is 10.8. The van der Waals surface area contributed by atoms with Gasteiger partial charge in [0.15, 0.2) is 0 Å². The Morgan fingerprint density at radius 2 is 2.20 bits per heavy atom. The Hall–Kier alpha value is -0.680. The molecule has 6 heteroatoms. The third-order valence-electron chi connectivity index (χ3n) is 2.40. The van der Waals surface area contributed by atoms with Crippen LogP contribution in [0.4, 0.5) is 5.82 Å². The lowest BCUT2D eigenvalue weighted by atomic mass is 10.1. The summed E-state index contributed by atoms with van der Waals surface area (Å²) < 4.78 is 11.2. The Bertz CT molecular complexity index is 364. The zero-order valence-corrected chi connectivity index (χ0v) is 9.72. The highest BCUT2D eigenvalue weighted by atomic mass is 35.5. The van der Waals surface area contributed by atoms with Crippen molar-refractivity contribution in [1.29, 1.82) is 0 Å². The van der Waals surface area contributed by atoms with Crippen LogP contribution in [0.25, 0.3) is 0 Å². The predicted molar refractivity (Wildman–Crippen MR) is 61.6 cm³/mol. The van der Waals surface area contributed by atoms with E-state index in [1.807, 2.05) is 0 Å². The molecule has 0 atom stereocenters. The van der Waals surface area contributed by atoms with Crippen molar-refractivity contribution in [3.8, 4) is 0 Å². The molecule has 2 heterocycles. The highest BCUT2D eigenvalue weighted by Gasteiger charge is 2.18. The molecule has 1 aliphatic heterocycles. The van der Waals surface area contributed by atoms with Crippen LogP contribution in [-0.4, -0.2) is 31.7 Å². The minimum atomic E-state index is -0.630. The normalized spacial score (nSPS) is 26.2. The molecule has 15 heavy (non-hydrogen) atoms. The first-order valence-corrected chi connectivity index (χ1v) is 6.69. The Morgan fingerprint density at radius 1 is 1.47 bits per heavy atom. The van der Waals surface area contributed by atoms with Gasteiger partial charge in [-0.1, -0.05) is 11.6 Å². The molecular weight excluding hydrogens is 234 g/mol. The SMILES string of the molecule is O=S1CCC(Nc2ncncc2Cl)CC1. The average molecular weight is 246 g/mol. The van der Waals surface area contributed by atoms with Crippen molar-refractivity contribution in [1.82, 2.24) is 9.97 Å². The maximum Gasteiger partial charge on any atom is 0.148 e. The minimum absolute atomic E-state index is 0.329. The van der Waals surface area contributed by atoms with Crippen molar-refractivity contribution in [3.63, 3.8) is 0 Å². The van der Waals surface area contributed by atoms with Crippen LogP contribution in [0.15, 0.2) is 12.5 Å². The van der Waals surface area contributed by atoms with Gasteiger partial charge in [-0.2, -0.15) is 0 Å².